The Kier molecular flexibility index (Phi) is 5.38. The molecule has 4 nitrogen and oxygen atoms in total. The number of anilines is 1. The highest BCUT2D eigenvalue weighted by Crippen LogP contribution is 2.54. The number of hydrogen-bond acceptors (Lipinski definition) is 3. The summed E-state index contributed by atoms with van der Waals surface area (Å²) >= 11 is 0. The van der Waals surface area contributed by atoms with Gasteiger partial charge in [0.05, 0.1) is 5.52 Å². The van der Waals surface area contributed by atoms with Crippen LogP contribution < -0.4 is 5.32 Å². The van der Waals surface area contributed by atoms with E-state index in [-0.39, 0.29) is 17.6 Å². The number of hydrogen-bond donors (Lipinski definition) is 1. The van der Waals surface area contributed by atoms with E-state index >= 15 is 0 Å². The number of rotatable bonds is 4. The number of pyridine rings is 2. The fraction of sp³-hybridized carbons (Fsp3) is 0.370. The van der Waals surface area contributed by atoms with Gasteiger partial charge in [-0.25, -0.2) is 9.37 Å². The lowest BCUT2D eigenvalue weighted by Crippen LogP contribution is -2.26. The molecule has 2 aliphatic carbocycles. The number of carbonyl (C=O) groups is 1. The van der Waals surface area contributed by atoms with Crippen LogP contribution in [-0.4, -0.2) is 15.9 Å². The number of nitrogens with zero attached hydrogens (tertiary/aromatic N) is 2. The van der Waals surface area contributed by atoms with Crippen molar-refractivity contribution in [3.05, 3.63) is 65.7 Å². The van der Waals surface area contributed by atoms with Crippen LogP contribution in [0.1, 0.15) is 49.7 Å². The molecule has 5 heteroatoms. The summed E-state index contributed by atoms with van der Waals surface area (Å²) in [5.74, 6) is 4.84. The Hall–Kier alpha value is -3.26. The van der Waals surface area contributed by atoms with Crippen molar-refractivity contribution >= 4 is 22.6 Å². The molecule has 2 aromatic heterocycles. The molecule has 0 radical (unpaired) electrons. The molecular weight excluding hydrogens is 401 g/mol. The Morgan fingerprint density at radius 1 is 1.12 bits per heavy atom. The zero-order chi connectivity index (χ0) is 22.2. The quantitative estimate of drug-likeness (QED) is 0.556. The number of nitrogens with one attached hydrogen (secondary N) is 1. The Bertz CT molecular complexity index is 1190. The van der Waals surface area contributed by atoms with E-state index in [1.807, 2.05) is 13.1 Å². The number of amides is 1. The molecule has 5 rings (SSSR count). The fourth-order valence-electron chi connectivity index (χ4n) is 5.83. The van der Waals surface area contributed by atoms with Crippen LogP contribution in [0.3, 0.4) is 0 Å². The number of fused-ring (bicyclic) bond motifs is 2. The molecule has 2 heterocycles. The highest BCUT2D eigenvalue weighted by Gasteiger charge is 2.44. The molecule has 0 aliphatic heterocycles. The van der Waals surface area contributed by atoms with Crippen LogP contribution in [0.2, 0.25) is 0 Å². The van der Waals surface area contributed by atoms with E-state index in [4.69, 9.17) is 6.42 Å². The molecule has 1 aromatic carbocycles. The normalized spacial score (nSPS) is 25.3. The number of benzene rings is 1. The topological polar surface area (TPSA) is 54.9 Å². The standard InChI is InChI=1S/C27H26FN3O/c1-3-17-4-7-26(30-15-17)31-27(32)16(2)18-10-19-12-21(13-20(19)11-18)23-8-9-29-25-6-5-22(28)14-24(23)25/h1,4-9,14-16,18-21H,10-13H2,2H3,(H,30,31,32)/t16-,18?,19-,20+,21?/m1/s1. The molecule has 2 fully saturated rings. The van der Waals surface area contributed by atoms with Crippen LogP contribution in [0.5, 0.6) is 0 Å². The molecule has 0 saturated heterocycles. The molecule has 162 valence electrons. The number of halogens is 1. The number of carbonyl (C=O) groups excluding carboxylic acids is 1. The first-order valence-electron chi connectivity index (χ1n) is 11.3. The molecule has 3 aromatic rings. The molecule has 32 heavy (non-hydrogen) atoms. The molecule has 2 unspecified atom stereocenters. The molecule has 0 spiro atoms. The van der Waals surface area contributed by atoms with Crippen LogP contribution in [0.4, 0.5) is 10.2 Å². The average Bonchev–Trinajstić information content (AvgIpc) is 3.38. The van der Waals surface area contributed by atoms with E-state index in [2.05, 4.69) is 27.3 Å². The third kappa shape index (κ3) is 3.86. The highest BCUT2D eigenvalue weighted by molar-refractivity contribution is 5.91. The lowest BCUT2D eigenvalue weighted by Gasteiger charge is -2.21. The number of aromatic nitrogens is 2. The minimum absolute atomic E-state index is 0.0167. The molecule has 0 bridgehead atoms. The zero-order valence-corrected chi connectivity index (χ0v) is 18.1. The molecule has 1 N–H and O–H groups in total. The van der Waals surface area contributed by atoms with Crippen molar-refractivity contribution < 1.29 is 9.18 Å². The number of terminal acetylenes is 1. The van der Waals surface area contributed by atoms with Gasteiger partial charge in [0, 0.05) is 29.3 Å². The van der Waals surface area contributed by atoms with E-state index in [1.165, 1.54) is 11.6 Å². The highest BCUT2D eigenvalue weighted by atomic mass is 19.1. The van der Waals surface area contributed by atoms with Gasteiger partial charge >= 0.3 is 0 Å². The van der Waals surface area contributed by atoms with Gasteiger partial charge in [0.1, 0.15) is 11.6 Å². The SMILES string of the molecule is C#Cc1ccc(NC(=O)[C@H](C)C2C[C@H]3CC(c4ccnc5ccc(F)cc45)C[C@H]3C2)nc1. The van der Waals surface area contributed by atoms with Crippen LogP contribution in [0.15, 0.2) is 48.8 Å². The smallest absolute Gasteiger partial charge is 0.228 e. The Labute approximate surface area is 187 Å². The lowest BCUT2D eigenvalue weighted by molar-refractivity contribution is -0.120. The summed E-state index contributed by atoms with van der Waals surface area (Å²) in [5.41, 5.74) is 2.76. The van der Waals surface area contributed by atoms with Crippen molar-refractivity contribution in [1.82, 2.24) is 9.97 Å². The molecule has 5 atom stereocenters. The van der Waals surface area contributed by atoms with Crippen LogP contribution >= 0.6 is 0 Å². The van der Waals surface area contributed by atoms with Gasteiger partial charge in [0.2, 0.25) is 5.91 Å². The summed E-state index contributed by atoms with van der Waals surface area (Å²) in [6, 6.07) is 10.4. The summed E-state index contributed by atoms with van der Waals surface area (Å²) in [7, 11) is 0. The van der Waals surface area contributed by atoms with Crippen molar-refractivity contribution in [2.24, 2.45) is 23.7 Å². The summed E-state index contributed by atoms with van der Waals surface area (Å²) in [6.45, 7) is 2.02. The van der Waals surface area contributed by atoms with Gasteiger partial charge in [-0.3, -0.25) is 9.78 Å². The first kappa shape index (κ1) is 20.6. The maximum absolute atomic E-state index is 13.9. The molecule has 1 amide bonds. The van der Waals surface area contributed by atoms with E-state index in [9.17, 15) is 9.18 Å². The summed E-state index contributed by atoms with van der Waals surface area (Å²) in [5, 5.41) is 3.87. The summed E-state index contributed by atoms with van der Waals surface area (Å²) in [6.07, 6.45) is 13.1. The van der Waals surface area contributed by atoms with Gasteiger partial charge in [-0.2, -0.15) is 0 Å². The van der Waals surface area contributed by atoms with Crippen LogP contribution in [-0.2, 0) is 4.79 Å². The Balaban J connectivity index is 1.23. The monoisotopic (exact) mass is 427 g/mol. The average molecular weight is 428 g/mol. The predicted octanol–water partition coefficient (Wildman–Crippen LogP) is 5.54. The van der Waals surface area contributed by atoms with Crippen molar-refractivity contribution in [3.8, 4) is 12.3 Å². The summed E-state index contributed by atoms with van der Waals surface area (Å²) < 4.78 is 13.9. The van der Waals surface area contributed by atoms with Crippen molar-refractivity contribution in [3.63, 3.8) is 0 Å². The molecular formula is C27H26FN3O. The maximum atomic E-state index is 13.9. The van der Waals surface area contributed by atoms with Gasteiger partial charge in [0.15, 0.2) is 0 Å². The van der Waals surface area contributed by atoms with E-state index in [0.29, 0.717) is 35.1 Å². The first-order chi connectivity index (χ1) is 15.5. The van der Waals surface area contributed by atoms with Gasteiger partial charge in [-0.05, 0) is 91.3 Å². The van der Waals surface area contributed by atoms with E-state index < -0.39 is 0 Å². The second kappa shape index (κ2) is 8.35. The predicted molar refractivity (Wildman–Crippen MR) is 123 cm³/mol. The summed E-state index contributed by atoms with van der Waals surface area (Å²) in [4.78, 5) is 21.4. The van der Waals surface area contributed by atoms with Crippen molar-refractivity contribution in [1.29, 1.82) is 0 Å². The minimum atomic E-state index is -0.215. The van der Waals surface area contributed by atoms with Gasteiger partial charge in [-0.15, -0.1) is 6.42 Å². The second-order valence-corrected chi connectivity index (χ2v) is 9.34. The lowest BCUT2D eigenvalue weighted by atomic mass is 9.86. The van der Waals surface area contributed by atoms with Gasteiger partial charge in [0.25, 0.3) is 0 Å². The third-order valence-corrected chi connectivity index (χ3v) is 7.53. The largest absolute Gasteiger partial charge is 0.310 e. The Morgan fingerprint density at radius 3 is 2.59 bits per heavy atom. The van der Waals surface area contributed by atoms with E-state index in [0.717, 1.165) is 36.6 Å². The molecule has 2 saturated carbocycles. The van der Waals surface area contributed by atoms with Gasteiger partial charge < -0.3 is 5.32 Å². The maximum Gasteiger partial charge on any atom is 0.228 e. The zero-order valence-electron chi connectivity index (χ0n) is 18.1. The van der Waals surface area contributed by atoms with E-state index in [1.54, 1.807) is 30.5 Å². The van der Waals surface area contributed by atoms with Crippen LogP contribution in [0, 0.1) is 41.8 Å². The molecule has 2 aliphatic rings. The Morgan fingerprint density at radius 2 is 1.91 bits per heavy atom. The fourth-order valence-corrected chi connectivity index (χ4v) is 5.83. The van der Waals surface area contributed by atoms with Crippen molar-refractivity contribution in [2.75, 3.05) is 5.32 Å². The third-order valence-electron chi connectivity index (χ3n) is 7.53. The second-order valence-electron chi connectivity index (χ2n) is 9.34. The van der Waals surface area contributed by atoms with Crippen molar-refractivity contribution in [2.45, 2.75) is 38.5 Å². The minimum Gasteiger partial charge on any atom is -0.310 e. The van der Waals surface area contributed by atoms with Gasteiger partial charge in [-0.1, -0.05) is 12.8 Å². The van der Waals surface area contributed by atoms with Crippen LogP contribution in [0.25, 0.3) is 10.9 Å². The first-order valence-corrected chi connectivity index (χ1v) is 11.3.